The summed E-state index contributed by atoms with van der Waals surface area (Å²) in [6, 6.07) is 6.38. The van der Waals surface area contributed by atoms with Crippen molar-refractivity contribution in [3.05, 3.63) is 51.3 Å². The predicted octanol–water partition coefficient (Wildman–Crippen LogP) is 3.72. The summed E-state index contributed by atoms with van der Waals surface area (Å²) in [6.07, 6.45) is 0.705. The molecule has 0 aliphatic rings. The summed E-state index contributed by atoms with van der Waals surface area (Å²) in [7, 11) is 0. The van der Waals surface area contributed by atoms with Crippen LogP contribution < -0.4 is 5.73 Å². The molecule has 2 aromatic rings. The number of aryl methyl sites for hydroxylation is 4. The molecular formula is C16H22ClN3. The van der Waals surface area contributed by atoms with Gasteiger partial charge in [0, 0.05) is 19.0 Å². The molecular weight excluding hydrogens is 270 g/mol. The van der Waals surface area contributed by atoms with Gasteiger partial charge >= 0.3 is 0 Å². The molecule has 1 atom stereocenters. The molecule has 2 N–H and O–H groups in total. The molecule has 0 radical (unpaired) electrons. The van der Waals surface area contributed by atoms with Crippen LogP contribution in [0.2, 0.25) is 5.02 Å². The third-order valence-electron chi connectivity index (χ3n) is 3.54. The molecule has 108 valence electrons. The molecule has 4 heteroatoms. The Bertz CT molecular complexity index is 596. The molecule has 0 spiro atoms. The summed E-state index contributed by atoms with van der Waals surface area (Å²) >= 11 is 6.35. The van der Waals surface area contributed by atoms with E-state index in [0.29, 0.717) is 6.42 Å². The Labute approximate surface area is 125 Å². The van der Waals surface area contributed by atoms with Crippen molar-refractivity contribution in [3.8, 4) is 0 Å². The van der Waals surface area contributed by atoms with Crippen molar-refractivity contribution in [1.82, 2.24) is 9.78 Å². The van der Waals surface area contributed by atoms with Crippen molar-refractivity contribution in [2.24, 2.45) is 5.73 Å². The van der Waals surface area contributed by atoms with Gasteiger partial charge in [0.05, 0.1) is 16.4 Å². The van der Waals surface area contributed by atoms with E-state index < -0.39 is 0 Å². The second-order valence-electron chi connectivity index (χ2n) is 5.39. The van der Waals surface area contributed by atoms with E-state index in [2.05, 4.69) is 44.1 Å². The van der Waals surface area contributed by atoms with Gasteiger partial charge in [0.25, 0.3) is 0 Å². The smallest absolute Gasteiger partial charge is 0.0847 e. The van der Waals surface area contributed by atoms with E-state index in [1.54, 1.807) is 0 Å². The minimum absolute atomic E-state index is 0.0625. The third-order valence-corrected chi connectivity index (χ3v) is 4.03. The van der Waals surface area contributed by atoms with Crippen LogP contribution in [-0.4, -0.2) is 9.78 Å². The maximum atomic E-state index is 6.37. The molecule has 0 aliphatic heterocycles. The first-order valence-electron chi connectivity index (χ1n) is 6.98. The molecule has 0 saturated carbocycles. The molecule has 1 heterocycles. The molecule has 1 unspecified atom stereocenters. The predicted molar refractivity (Wildman–Crippen MR) is 84.2 cm³/mol. The van der Waals surface area contributed by atoms with Crippen molar-refractivity contribution in [2.45, 2.75) is 46.7 Å². The van der Waals surface area contributed by atoms with Crippen molar-refractivity contribution in [2.75, 3.05) is 0 Å². The standard InChI is InChI=1S/C16H22ClN3/c1-5-20-15(16(17)12(4)19-20)9-14(18)13-7-10(2)6-11(3)8-13/h6-8,14H,5,9,18H2,1-4H3. The molecule has 20 heavy (non-hydrogen) atoms. The Hall–Kier alpha value is -1.32. The summed E-state index contributed by atoms with van der Waals surface area (Å²) < 4.78 is 1.94. The number of aromatic nitrogens is 2. The van der Waals surface area contributed by atoms with Gasteiger partial charge in [-0.15, -0.1) is 0 Å². The van der Waals surface area contributed by atoms with E-state index in [9.17, 15) is 0 Å². The van der Waals surface area contributed by atoms with Crippen molar-refractivity contribution >= 4 is 11.6 Å². The zero-order valence-electron chi connectivity index (χ0n) is 12.6. The molecule has 0 fully saturated rings. The Balaban J connectivity index is 2.29. The SMILES string of the molecule is CCn1nc(C)c(Cl)c1CC(N)c1cc(C)cc(C)c1. The van der Waals surface area contributed by atoms with Gasteiger partial charge in [-0.05, 0) is 33.3 Å². The van der Waals surface area contributed by atoms with Crippen molar-refractivity contribution in [3.63, 3.8) is 0 Å². The average Bonchev–Trinajstić information content (AvgIpc) is 2.65. The van der Waals surface area contributed by atoms with Gasteiger partial charge in [-0.2, -0.15) is 5.10 Å². The quantitative estimate of drug-likeness (QED) is 0.933. The maximum absolute atomic E-state index is 6.37. The Morgan fingerprint density at radius 2 is 1.80 bits per heavy atom. The Morgan fingerprint density at radius 3 is 2.35 bits per heavy atom. The van der Waals surface area contributed by atoms with Gasteiger partial charge in [-0.25, -0.2) is 0 Å². The molecule has 1 aromatic carbocycles. The summed E-state index contributed by atoms with van der Waals surface area (Å²) in [5.74, 6) is 0. The minimum Gasteiger partial charge on any atom is -0.324 e. The van der Waals surface area contributed by atoms with Crippen LogP contribution in [0.15, 0.2) is 18.2 Å². The van der Waals surface area contributed by atoms with Gasteiger partial charge in [0.2, 0.25) is 0 Å². The fourth-order valence-electron chi connectivity index (χ4n) is 2.61. The van der Waals surface area contributed by atoms with Crippen LogP contribution in [-0.2, 0) is 13.0 Å². The van der Waals surface area contributed by atoms with Gasteiger partial charge in [-0.1, -0.05) is 40.9 Å². The number of rotatable bonds is 4. The first kappa shape index (κ1) is 15.1. The second-order valence-corrected chi connectivity index (χ2v) is 5.77. The van der Waals surface area contributed by atoms with E-state index in [1.165, 1.54) is 11.1 Å². The van der Waals surface area contributed by atoms with Crippen molar-refractivity contribution in [1.29, 1.82) is 0 Å². The van der Waals surface area contributed by atoms with E-state index in [0.717, 1.165) is 28.5 Å². The molecule has 1 aromatic heterocycles. The number of nitrogens with zero attached hydrogens (tertiary/aromatic N) is 2. The largest absolute Gasteiger partial charge is 0.324 e. The number of hydrogen-bond acceptors (Lipinski definition) is 2. The summed E-state index contributed by atoms with van der Waals surface area (Å²) in [5, 5.41) is 5.18. The number of hydrogen-bond donors (Lipinski definition) is 1. The highest BCUT2D eigenvalue weighted by atomic mass is 35.5. The fourth-order valence-corrected chi connectivity index (χ4v) is 2.83. The highest BCUT2D eigenvalue weighted by Gasteiger charge is 2.17. The van der Waals surface area contributed by atoms with Crippen LogP contribution in [0.1, 0.15) is 41.0 Å². The van der Waals surface area contributed by atoms with Gasteiger partial charge < -0.3 is 5.73 Å². The van der Waals surface area contributed by atoms with Gasteiger partial charge in [0.15, 0.2) is 0 Å². The number of nitrogens with two attached hydrogens (primary N) is 1. The summed E-state index contributed by atoms with van der Waals surface area (Å²) in [4.78, 5) is 0. The molecule has 2 rings (SSSR count). The third kappa shape index (κ3) is 3.05. The first-order chi connectivity index (χ1) is 9.42. The molecule has 0 amide bonds. The fraction of sp³-hybridized carbons (Fsp3) is 0.438. The number of benzene rings is 1. The van der Waals surface area contributed by atoms with Crippen LogP contribution in [0.3, 0.4) is 0 Å². The van der Waals surface area contributed by atoms with Crippen LogP contribution in [0, 0.1) is 20.8 Å². The highest BCUT2D eigenvalue weighted by Crippen LogP contribution is 2.26. The Morgan fingerprint density at radius 1 is 1.20 bits per heavy atom. The second kappa shape index (κ2) is 5.98. The van der Waals surface area contributed by atoms with E-state index in [1.807, 2.05) is 11.6 Å². The van der Waals surface area contributed by atoms with Crippen LogP contribution in [0.25, 0.3) is 0 Å². The Kier molecular flexibility index (Phi) is 4.51. The van der Waals surface area contributed by atoms with Crippen molar-refractivity contribution < 1.29 is 0 Å². The first-order valence-corrected chi connectivity index (χ1v) is 7.35. The summed E-state index contributed by atoms with van der Waals surface area (Å²) in [6.45, 7) is 8.99. The lowest BCUT2D eigenvalue weighted by Crippen LogP contribution is -2.16. The van der Waals surface area contributed by atoms with E-state index in [4.69, 9.17) is 17.3 Å². The molecule has 0 bridgehead atoms. The highest BCUT2D eigenvalue weighted by molar-refractivity contribution is 6.31. The topological polar surface area (TPSA) is 43.8 Å². The number of halogens is 1. The average molecular weight is 292 g/mol. The van der Waals surface area contributed by atoms with E-state index >= 15 is 0 Å². The molecule has 0 saturated heterocycles. The minimum atomic E-state index is -0.0625. The van der Waals surface area contributed by atoms with Crippen LogP contribution in [0.5, 0.6) is 0 Å². The normalized spacial score (nSPS) is 12.7. The summed E-state index contributed by atoms with van der Waals surface area (Å²) in [5.41, 5.74) is 11.9. The maximum Gasteiger partial charge on any atom is 0.0847 e. The lowest BCUT2D eigenvalue weighted by Gasteiger charge is -2.15. The van der Waals surface area contributed by atoms with Crippen LogP contribution >= 0.6 is 11.6 Å². The van der Waals surface area contributed by atoms with Gasteiger partial charge in [0.1, 0.15) is 0 Å². The monoisotopic (exact) mass is 291 g/mol. The van der Waals surface area contributed by atoms with E-state index in [-0.39, 0.29) is 6.04 Å². The molecule has 3 nitrogen and oxygen atoms in total. The van der Waals surface area contributed by atoms with Gasteiger partial charge in [-0.3, -0.25) is 4.68 Å². The lowest BCUT2D eigenvalue weighted by atomic mass is 9.98. The lowest BCUT2D eigenvalue weighted by molar-refractivity contribution is 0.587. The zero-order chi connectivity index (χ0) is 14.9. The molecule has 0 aliphatic carbocycles. The zero-order valence-corrected chi connectivity index (χ0v) is 13.3. The van der Waals surface area contributed by atoms with Crippen LogP contribution in [0.4, 0.5) is 0 Å².